The van der Waals surface area contributed by atoms with Crippen LogP contribution in [0, 0.1) is 6.92 Å². The van der Waals surface area contributed by atoms with Crippen LogP contribution in [0.4, 0.5) is 0 Å². The summed E-state index contributed by atoms with van der Waals surface area (Å²) in [5.74, 6) is 0. The van der Waals surface area contributed by atoms with Crippen LogP contribution in [0.2, 0.25) is 5.02 Å². The highest BCUT2D eigenvalue weighted by molar-refractivity contribution is 7.09. The number of nitrogens with one attached hydrogen (secondary N) is 1. The molecule has 1 N–H and O–H groups in total. The van der Waals surface area contributed by atoms with Crippen LogP contribution in [0.25, 0.3) is 0 Å². The molecular weight excluding hydrogens is 264 g/mol. The Morgan fingerprint density at radius 2 is 2.17 bits per heavy atom. The number of hydrogen-bond donors (Lipinski definition) is 1. The van der Waals surface area contributed by atoms with Crippen molar-refractivity contribution < 1.29 is 0 Å². The van der Waals surface area contributed by atoms with Gasteiger partial charge >= 0.3 is 0 Å². The summed E-state index contributed by atoms with van der Waals surface area (Å²) in [6.07, 6.45) is 1.84. The van der Waals surface area contributed by atoms with Gasteiger partial charge in [0.05, 0.1) is 5.54 Å². The zero-order valence-corrected chi connectivity index (χ0v) is 12.4. The minimum Gasteiger partial charge on any atom is -0.302 e. The normalized spacial score (nSPS) is 11.8. The molecule has 0 radical (unpaired) electrons. The first-order chi connectivity index (χ1) is 8.49. The molecule has 0 aliphatic carbocycles. The Labute approximate surface area is 117 Å². The van der Waals surface area contributed by atoms with Crippen molar-refractivity contribution in [1.29, 1.82) is 0 Å². The van der Waals surface area contributed by atoms with Gasteiger partial charge in [-0.05, 0) is 44.0 Å². The summed E-state index contributed by atoms with van der Waals surface area (Å²) in [7, 11) is 0. The van der Waals surface area contributed by atoms with E-state index in [9.17, 15) is 0 Å². The summed E-state index contributed by atoms with van der Waals surface area (Å²) in [5.41, 5.74) is 2.37. The number of halogens is 1. The predicted molar refractivity (Wildman–Crippen MR) is 78.2 cm³/mol. The molecule has 1 aromatic heterocycles. The third-order valence-electron chi connectivity index (χ3n) is 2.99. The van der Waals surface area contributed by atoms with E-state index in [1.54, 1.807) is 11.3 Å². The molecule has 0 spiro atoms. The fourth-order valence-electron chi connectivity index (χ4n) is 1.78. The maximum Gasteiger partial charge on any atom is 0.112 e. The van der Waals surface area contributed by atoms with Gasteiger partial charge < -0.3 is 5.32 Å². The second-order valence-corrected chi connectivity index (χ2v) is 6.22. The molecule has 0 unspecified atom stereocenters. The lowest BCUT2D eigenvalue weighted by molar-refractivity contribution is 0.399. The molecular formula is C14H17ClN2S. The Kier molecular flexibility index (Phi) is 4.05. The minimum atomic E-state index is -0.111. The fourth-order valence-corrected chi connectivity index (χ4v) is 2.75. The molecule has 18 heavy (non-hydrogen) atoms. The highest BCUT2D eigenvalue weighted by Crippen LogP contribution is 2.23. The molecule has 1 aromatic carbocycles. The molecule has 0 fully saturated rings. The average Bonchev–Trinajstić information content (AvgIpc) is 2.82. The van der Waals surface area contributed by atoms with Crippen LogP contribution >= 0.6 is 22.9 Å². The Hall–Kier alpha value is -0.900. The maximum absolute atomic E-state index is 5.96. The quantitative estimate of drug-likeness (QED) is 0.911. The van der Waals surface area contributed by atoms with Crippen molar-refractivity contribution in [1.82, 2.24) is 10.3 Å². The van der Waals surface area contributed by atoms with Crippen molar-refractivity contribution >= 4 is 22.9 Å². The van der Waals surface area contributed by atoms with Gasteiger partial charge in [-0.1, -0.05) is 17.7 Å². The van der Waals surface area contributed by atoms with E-state index >= 15 is 0 Å². The van der Waals surface area contributed by atoms with E-state index in [0.717, 1.165) is 16.6 Å². The standard InChI is InChI=1S/C14H17ClN2S/c1-10-8-12(15)5-4-11(10)9-17-14(2,3)13-16-6-7-18-13/h4-8,17H,9H2,1-3H3. The third-order valence-corrected chi connectivity index (χ3v) is 4.32. The number of aryl methyl sites for hydroxylation is 1. The summed E-state index contributed by atoms with van der Waals surface area (Å²) < 4.78 is 0. The van der Waals surface area contributed by atoms with Crippen molar-refractivity contribution in [2.45, 2.75) is 32.9 Å². The number of aromatic nitrogens is 1. The van der Waals surface area contributed by atoms with E-state index in [4.69, 9.17) is 11.6 Å². The number of nitrogens with zero attached hydrogens (tertiary/aromatic N) is 1. The summed E-state index contributed by atoms with van der Waals surface area (Å²) in [4.78, 5) is 4.37. The van der Waals surface area contributed by atoms with Gasteiger partial charge in [0.2, 0.25) is 0 Å². The zero-order valence-electron chi connectivity index (χ0n) is 10.8. The first kappa shape index (κ1) is 13.5. The topological polar surface area (TPSA) is 24.9 Å². The summed E-state index contributed by atoms with van der Waals surface area (Å²) >= 11 is 7.64. The van der Waals surface area contributed by atoms with Crippen molar-refractivity contribution in [2.24, 2.45) is 0 Å². The van der Waals surface area contributed by atoms with E-state index in [2.05, 4.69) is 37.1 Å². The van der Waals surface area contributed by atoms with Gasteiger partial charge in [-0.15, -0.1) is 11.3 Å². The molecule has 1 heterocycles. The first-order valence-electron chi connectivity index (χ1n) is 5.89. The van der Waals surface area contributed by atoms with Gasteiger partial charge in [-0.25, -0.2) is 4.98 Å². The first-order valence-corrected chi connectivity index (χ1v) is 7.15. The van der Waals surface area contributed by atoms with Crippen LogP contribution in [-0.2, 0) is 12.1 Å². The summed E-state index contributed by atoms with van der Waals surface area (Å²) in [6.45, 7) is 7.20. The molecule has 0 amide bonds. The van der Waals surface area contributed by atoms with E-state index < -0.39 is 0 Å². The summed E-state index contributed by atoms with van der Waals surface area (Å²) in [5, 5.41) is 7.44. The van der Waals surface area contributed by atoms with E-state index in [-0.39, 0.29) is 5.54 Å². The Bertz CT molecular complexity index is 521. The van der Waals surface area contributed by atoms with Crippen LogP contribution in [0.5, 0.6) is 0 Å². The van der Waals surface area contributed by atoms with Crippen LogP contribution in [0.3, 0.4) is 0 Å². The van der Waals surface area contributed by atoms with E-state index in [1.807, 2.05) is 23.7 Å². The molecule has 4 heteroatoms. The van der Waals surface area contributed by atoms with E-state index in [0.29, 0.717) is 0 Å². The lowest BCUT2D eigenvalue weighted by Crippen LogP contribution is -2.36. The van der Waals surface area contributed by atoms with Gasteiger partial charge in [0, 0.05) is 23.1 Å². The second-order valence-electron chi connectivity index (χ2n) is 4.89. The minimum absolute atomic E-state index is 0.111. The van der Waals surface area contributed by atoms with Crippen molar-refractivity contribution in [3.8, 4) is 0 Å². The van der Waals surface area contributed by atoms with Gasteiger partial charge in [0.1, 0.15) is 5.01 Å². The lowest BCUT2D eigenvalue weighted by atomic mass is 10.0. The molecule has 2 aromatic rings. The highest BCUT2D eigenvalue weighted by atomic mass is 35.5. The Balaban J connectivity index is 2.07. The molecule has 0 bridgehead atoms. The van der Waals surface area contributed by atoms with Gasteiger partial charge in [-0.2, -0.15) is 0 Å². The smallest absolute Gasteiger partial charge is 0.112 e. The van der Waals surface area contributed by atoms with Crippen LogP contribution in [-0.4, -0.2) is 4.98 Å². The molecule has 0 aliphatic heterocycles. The maximum atomic E-state index is 5.96. The molecule has 0 atom stereocenters. The molecule has 2 rings (SSSR count). The van der Waals surface area contributed by atoms with Crippen LogP contribution < -0.4 is 5.32 Å². The Morgan fingerprint density at radius 1 is 1.39 bits per heavy atom. The van der Waals surface area contributed by atoms with Gasteiger partial charge in [0.15, 0.2) is 0 Å². The molecule has 0 saturated carbocycles. The Morgan fingerprint density at radius 3 is 2.78 bits per heavy atom. The lowest BCUT2D eigenvalue weighted by Gasteiger charge is -2.24. The highest BCUT2D eigenvalue weighted by Gasteiger charge is 2.22. The number of hydrogen-bond acceptors (Lipinski definition) is 3. The predicted octanol–water partition coefficient (Wildman–Crippen LogP) is 4.13. The third kappa shape index (κ3) is 3.10. The monoisotopic (exact) mass is 280 g/mol. The van der Waals surface area contributed by atoms with Crippen molar-refractivity contribution in [3.63, 3.8) is 0 Å². The largest absolute Gasteiger partial charge is 0.302 e. The van der Waals surface area contributed by atoms with Crippen LogP contribution in [0.1, 0.15) is 30.0 Å². The van der Waals surface area contributed by atoms with Crippen molar-refractivity contribution in [2.75, 3.05) is 0 Å². The van der Waals surface area contributed by atoms with Crippen molar-refractivity contribution in [3.05, 3.63) is 50.9 Å². The van der Waals surface area contributed by atoms with Gasteiger partial charge in [0.25, 0.3) is 0 Å². The average molecular weight is 281 g/mol. The number of rotatable bonds is 4. The zero-order chi connectivity index (χ0) is 13.2. The number of benzene rings is 1. The summed E-state index contributed by atoms with van der Waals surface area (Å²) in [6, 6.07) is 6.00. The fraction of sp³-hybridized carbons (Fsp3) is 0.357. The molecule has 2 nitrogen and oxygen atoms in total. The SMILES string of the molecule is Cc1cc(Cl)ccc1CNC(C)(C)c1nccs1. The van der Waals surface area contributed by atoms with Crippen LogP contribution in [0.15, 0.2) is 29.8 Å². The van der Waals surface area contributed by atoms with E-state index in [1.165, 1.54) is 11.1 Å². The second kappa shape index (κ2) is 5.39. The van der Waals surface area contributed by atoms with Gasteiger partial charge in [-0.3, -0.25) is 0 Å². The molecule has 0 saturated heterocycles. The molecule has 96 valence electrons. The number of thiazole rings is 1. The molecule has 0 aliphatic rings.